The van der Waals surface area contributed by atoms with Gasteiger partial charge in [0.1, 0.15) is 18.5 Å². The van der Waals surface area contributed by atoms with Gasteiger partial charge in [-0.05, 0) is 38.3 Å². The van der Waals surface area contributed by atoms with Crippen molar-refractivity contribution in [1.82, 2.24) is 10.4 Å². The molecule has 0 aliphatic carbocycles. The predicted molar refractivity (Wildman–Crippen MR) is 74.1 cm³/mol. The normalized spacial score (nSPS) is 21.8. The van der Waals surface area contributed by atoms with E-state index in [-0.39, 0.29) is 12.0 Å². The number of nitrogens with one attached hydrogen (secondary N) is 1. The summed E-state index contributed by atoms with van der Waals surface area (Å²) in [6.45, 7) is 4.42. The van der Waals surface area contributed by atoms with Crippen molar-refractivity contribution in [2.24, 2.45) is 5.84 Å². The van der Waals surface area contributed by atoms with Crippen LogP contribution >= 0.6 is 0 Å². The van der Waals surface area contributed by atoms with E-state index in [2.05, 4.69) is 10.4 Å². The van der Waals surface area contributed by atoms with Crippen LogP contribution in [0.4, 0.5) is 0 Å². The molecule has 3 N–H and O–H groups in total. The van der Waals surface area contributed by atoms with Gasteiger partial charge in [-0.1, -0.05) is 6.92 Å². The zero-order valence-electron chi connectivity index (χ0n) is 11.9. The number of carbonyl (C=O) groups is 1. The molecule has 1 amide bonds. The fraction of sp³-hybridized carbons (Fsp3) is 0.571. The Hall–Kier alpha value is -1.66. The first-order valence-corrected chi connectivity index (χ1v) is 6.89. The Morgan fingerprint density at radius 3 is 3.05 bits per heavy atom. The average Bonchev–Trinajstić information content (AvgIpc) is 2.93. The number of nitrogens with zero attached hydrogens (tertiary/aromatic N) is 1. The van der Waals surface area contributed by atoms with E-state index in [0.29, 0.717) is 13.0 Å². The Morgan fingerprint density at radius 1 is 1.55 bits per heavy atom. The van der Waals surface area contributed by atoms with Gasteiger partial charge in [0.2, 0.25) is 0 Å². The van der Waals surface area contributed by atoms with Crippen LogP contribution in [0.15, 0.2) is 12.1 Å². The van der Waals surface area contributed by atoms with E-state index >= 15 is 0 Å². The van der Waals surface area contributed by atoms with Crippen molar-refractivity contribution >= 4 is 5.91 Å². The van der Waals surface area contributed by atoms with Gasteiger partial charge in [-0.2, -0.15) is 0 Å². The molecule has 1 saturated heterocycles. The highest BCUT2D eigenvalue weighted by Crippen LogP contribution is 2.23. The monoisotopic (exact) mass is 279 g/mol. The summed E-state index contributed by atoms with van der Waals surface area (Å²) in [5.74, 6) is 5.60. The van der Waals surface area contributed by atoms with Crippen LogP contribution in [-0.2, 0) is 16.0 Å². The van der Waals surface area contributed by atoms with Crippen LogP contribution in [-0.4, -0.2) is 29.7 Å². The second kappa shape index (κ2) is 6.67. The molecule has 0 radical (unpaired) electrons. The Labute approximate surface area is 118 Å². The molecule has 2 heterocycles. The van der Waals surface area contributed by atoms with Crippen LogP contribution < -0.4 is 16.0 Å². The van der Waals surface area contributed by atoms with E-state index in [1.165, 1.54) is 0 Å². The molecule has 6 nitrogen and oxygen atoms in total. The molecule has 1 aliphatic rings. The second-order valence-corrected chi connectivity index (χ2v) is 4.89. The number of hydrogen-bond acceptors (Lipinski definition) is 5. The minimum absolute atomic E-state index is 0.0803. The van der Waals surface area contributed by atoms with Crippen molar-refractivity contribution in [1.29, 1.82) is 0 Å². The number of hydrogen-bond donors (Lipinski definition) is 2. The zero-order valence-corrected chi connectivity index (χ0v) is 11.9. The predicted octanol–water partition coefficient (Wildman–Crippen LogP) is 0.869. The fourth-order valence-electron chi connectivity index (χ4n) is 2.28. The van der Waals surface area contributed by atoms with Crippen molar-refractivity contribution < 1.29 is 14.3 Å². The SMILES string of the molecule is CCc1nc(C)ccc1OCC1CCC(C(=O)NN)O1. The van der Waals surface area contributed by atoms with E-state index < -0.39 is 6.10 Å². The number of carbonyl (C=O) groups excluding carboxylic acids is 1. The van der Waals surface area contributed by atoms with Crippen molar-refractivity contribution in [2.75, 3.05) is 6.61 Å². The van der Waals surface area contributed by atoms with E-state index in [1.54, 1.807) is 0 Å². The minimum atomic E-state index is -0.463. The Bertz CT molecular complexity index is 479. The van der Waals surface area contributed by atoms with Gasteiger partial charge < -0.3 is 9.47 Å². The zero-order chi connectivity index (χ0) is 14.5. The van der Waals surface area contributed by atoms with Gasteiger partial charge in [-0.3, -0.25) is 15.2 Å². The summed E-state index contributed by atoms with van der Waals surface area (Å²) in [6.07, 6.45) is 1.74. The molecule has 1 aromatic heterocycles. The van der Waals surface area contributed by atoms with Crippen LogP contribution in [0.3, 0.4) is 0 Å². The molecule has 110 valence electrons. The third-order valence-corrected chi connectivity index (χ3v) is 3.37. The lowest BCUT2D eigenvalue weighted by atomic mass is 10.2. The summed E-state index contributed by atoms with van der Waals surface area (Å²) in [5, 5.41) is 0. The van der Waals surface area contributed by atoms with Gasteiger partial charge in [0, 0.05) is 5.69 Å². The maximum Gasteiger partial charge on any atom is 0.263 e. The molecular formula is C14H21N3O3. The molecule has 0 saturated carbocycles. The fourth-order valence-corrected chi connectivity index (χ4v) is 2.28. The van der Waals surface area contributed by atoms with Gasteiger partial charge in [-0.15, -0.1) is 0 Å². The number of pyridine rings is 1. The Kier molecular flexibility index (Phi) is 4.92. The second-order valence-electron chi connectivity index (χ2n) is 4.89. The summed E-state index contributed by atoms with van der Waals surface area (Å²) >= 11 is 0. The summed E-state index contributed by atoms with van der Waals surface area (Å²) in [7, 11) is 0. The molecule has 6 heteroatoms. The minimum Gasteiger partial charge on any atom is -0.489 e. The molecule has 0 spiro atoms. The highest BCUT2D eigenvalue weighted by atomic mass is 16.5. The van der Waals surface area contributed by atoms with Crippen molar-refractivity contribution in [3.63, 3.8) is 0 Å². The number of amides is 1. The molecule has 2 unspecified atom stereocenters. The third kappa shape index (κ3) is 3.46. The van der Waals surface area contributed by atoms with Crippen LogP contribution in [0.2, 0.25) is 0 Å². The highest BCUT2D eigenvalue weighted by molar-refractivity contribution is 5.80. The number of aryl methyl sites for hydroxylation is 2. The molecular weight excluding hydrogens is 258 g/mol. The van der Waals surface area contributed by atoms with Crippen molar-refractivity contribution in [2.45, 2.75) is 45.3 Å². The van der Waals surface area contributed by atoms with Gasteiger partial charge >= 0.3 is 0 Å². The summed E-state index contributed by atoms with van der Waals surface area (Å²) < 4.78 is 11.4. The Morgan fingerprint density at radius 2 is 2.35 bits per heavy atom. The smallest absolute Gasteiger partial charge is 0.263 e. The van der Waals surface area contributed by atoms with E-state index in [1.807, 2.05) is 26.0 Å². The van der Waals surface area contributed by atoms with Crippen LogP contribution in [0.1, 0.15) is 31.2 Å². The first-order chi connectivity index (χ1) is 9.63. The van der Waals surface area contributed by atoms with Crippen LogP contribution in [0, 0.1) is 6.92 Å². The largest absolute Gasteiger partial charge is 0.489 e. The third-order valence-electron chi connectivity index (χ3n) is 3.37. The molecule has 2 rings (SSSR count). The summed E-state index contributed by atoms with van der Waals surface area (Å²) in [5.41, 5.74) is 4.03. The number of ether oxygens (including phenoxy) is 2. The Balaban J connectivity index is 1.89. The molecule has 1 fully saturated rings. The standard InChI is InChI=1S/C14H21N3O3/c1-3-11-12(6-4-9(2)16-11)19-8-10-5-7-13(20-10)14(18)17-15/h4,6,10,13H,3,5,7-8,15H2,1-2H3,(H,17,18). The van der Waals surface area contributed by atoms with E-state index in [9.17, 15) is 4.79 Å². The summed E-state index contributed by atoms with van der Waals surface area (Å²) in [4.78, 5) is 15.8. The first-order valence-electron chi connectivity index (χ1n) is 6.89. The van der Waals surface area contributed by atoms with Gasteiger partial charge in [-0.25, -0.2) is 5.84 Å². The molecule has 1 aromatic rings. The highest BCUT2D eigenvalue weighted by Gasteiger charge is 2.30. The van der Waals surface area contributed by atoms with Crippen molar-refractivity contribution in [3.8, 4) is 5.75 Å². The lowest BCUT2D eigenvalue weighted by Crippen LogP contribution is -2.39. The number of hydrazine groups is 1. The lowest BCUT2D eigenvalue weighted by Gasteiger charge is -2.15. The molecule has 0 bridgehead atoms. The number of aromatic nitrogens is 1. The number of nitrogens with two attached hydrogens (primary N) is 1. The molecule has 20 heavy (non-hydrogen) atoms. The number of rotatable bonds is 5. The molecule has 0 aromatic carbocycles. The molecule has 1 aliphatic heterocycles. The maximum atomic E-state index is 11.4. The quantitative estimate of drug-likeness (QED) is 0.474. The lowest BCUT2D eigenvalue weighted by molar-refractivity contribution is -0.132. The van der Waals surface area contributed by atoms with Crippen molar-refractivity contribution in [3.05, 3.63) is 23.5 Å². The topological polar surface area (TPSA) is 86.5 Å². The maximum absolute atomic E-state index is 11.4. The average molecular weight is 279 g/mol. The van der Waals surface area contributed by atoms with Gasteiger partial charge in [0.25, 0.3) is 5.91 Å². The van der Waals surface area contributed by atoms with Crippen LogP contribution in [0.5, 0.6) is 5.75 Å². The summed E-state index contributed by atoms with van der Waals surface area (Å²) in [6, 6.07) is 3.86. The van der Waals surface area contributed by atoms with Gasteiger partial charge in [0.05, 0.1) is 11.8 Å². The molecule has 2 atom stereocenters. The van der Waals surface area contributed by atoms with Gasteiger partial charge in [0.15, 0.2) is 0 Å². The van der Waals surface area contributed by atoms with Crippen LogP contribution in [0.25, 0.3) is 0 Å². The first kappa shape index (κ1) is 14.7. The van der Waals surface area contributed by atoms with E-state index in [0.717, 1.165) is 30.0 Å². The van der Waals surface area contributed by atoms with E-state index in [4.69, 9.17) is 15.3 Å².